The van der Waals surface area contributed by atoms with Crippen molar-refractivity contribution in [2.75, 3.05) is 10.5 Å². The fraction of sp³-hybridized carbons (Fsp3) is 0. The predicted molar refractivity (Wildman–Crippen MR) is 70.3 cm³/mol. The van der Waals surface area contributed by atoms with Crippen LogP contribution in [0.4, 0.5) is 17.3 Å². The summed E-state index contributed by atoms with van der Waals surface area (Å²) in [5.41, 5.74) is 5.05. The molecule has 10 heteroatoms. The van der Waals surface area contributed by atoms with Crippen LogP contribution in [-0.4, -0.2) is 23.3 Å². The second kappa shape index (κ2) is 5.09. The number of rotatable bonds is 4. The van der Waals surface area contributed by atoms with Gasteiger partial charge < -0.3 is 5.73 Å². The predicted octanol–water partition coefficient (Wildman–Crippen LogP) is 0.768. The molecule has 0 fully saturated rings. The Bertz CT molecular complexity index is 747. The number of benzene rings is 1. The molecule has 2 rings (SSSR count). The number of non-ortho nitro benzene ring substituents is 1. The lowest BCUT2D eigenvalue weighted by molar-refractivity contribution is -0.385. The minimum Gasteiger partial charge on any atom is -0.398 e. The molecule has 0 unspecified atom stereocenters. The molecule has 0 aliphatic carbocycles. The molecule has 3 N–H and O–H groups in total. The van der Waals surface area contributed by atoms with Gasteiger partial charge in [0.1, 0.15) is 4.90 Å². The second-order valence-electron chi connectivity index (χ2n) is 3.66. The molecule has 0 saturated carbocycles. The lowest BCUT2D eigenvalue weighted by Crippen LogP contribution is -2.16. The van der Waals surface area contributed by atoms with Crippen LogP contribution in [0.1, 0.15) is 0 Å². The highest BCUT2D eigenvalue weighted by molar-refractivity contribution is 7.92. The van der Waals surface area contributed by atoms with Crippen molar-refractivity contribution in [1.82, 2.24) is 9.97 Å². The van der Waals surface area contributed by atoms with Gasteiger partial charge in [0.15, 0.2) is 0 Å². The molecule has 0 saturated heterocycles. The lowest BCUT2D eigenvalue weighted by Gasteiger charge is -2.08. The first-order valence-electron chi connectivity index (χ1n) is 5.24. The average Bonchev–Trinajstić information content (AvgIpc) is 2.39. The van der Waals surface area contributed by atoms with Crippen molar-refractivity contribution in [1.29, 1.82) is 0 Å². The first-order valence-corrected chi connectivity index (χ1v) is 6.72. The smallest absolute Gasteiger partial charge is 0.270 e. The molecular formula is C10H9N5O4S. The zero-order chi connectivity index (χ0) is 14.8. The van der Waals surface area contributed by atoms with E-state index in [9.17, 15) is 18.5 Å². The topological polar surface area (TPSA) is 141 Å². The highest BCUT2D eigenvalue weighted by Gasteiger charge is 2.22. The Labute approximate surface area is 113 Å². The summed E-state index contributed by atoms with van der Waals surface area (Å²) in [5, 5.41) is 10.7. The van der Waals surface area contributed by atoms with Gasteiger partial charge >= 0.3 is 0 Å². The molecule has 1 aromatic carbocycles. The highest BCUT2D eigenvalue weighted by Crippen LogP contribution is 2.25. The Morgan fingerprint density at radius 2 is 1.90 bits per heavy atom. The molecule has 0 amide bonds. The Hall–Kier alpha value is -2.75. The minimum absolute atomic E-state index is 0.112. The van der Waals surface area contributed by atoms with Crippen molar-refractivity contribution < 1.29 is 13.3 Å². The van der Waals surface area contributed by atoms with E-state index in [0.29, 0.717) is 0 Å². The van der Waals surface area contributed by atoms with Crippen molar-refractivity contribution in [2.45, 2.75) is 4.90 Å². The maximum absolute atomic E-state index is 12.1. The van der Waals surface area contributed by atoms with Crippen molar-refractivity contribution in [2.24, 2.45) is 0 Å². The van der Waals surface area contributed by atoms with E-state index in [4.69, 9.17) is 5.73 Å². The number of sulfonamides is 1. The van der Waals surface area contributed by atoms with Crippen molar-refractivity contribution >= 4 is 27.3 Å². The molecule has 0 radical (unpaired) electrons. The van der Waals surface area contributed by atoms with Crippen LogP contribution in [-0.2, 0) is 10.0 Å². The fourth-order valence-electron chi connectivity index (χ4n) is 1.40. The summed E-state index contributed by atoms with van der Waals surface area (Å²) in [5.74, 6) is -0.154. The number of nitrogens with one attached hydrogen (secondary N) is 1. The molecule has 1 aromatic heterocycles. The van der Waals surface area contributed by atoms with Crippen LogP contribution in [0.3, 0.4) is 0 Å². The number of anilines is 2. The zero-order valence-electron chi connectivity index (χ0n) is 9.92. The van der Waals surface area contributed by atoms with Gasteiger partial charge in [0.05, 0.1) is 10.6 Å². The summed E-state index contributed by atoms with van der Waals surface area (Å²) in [6.07, 6.45) is 2.70. The number of nitrogens with zero attached hydrogens (tertiary/aromatic N) is 3. The van der Waals surface area contributed by atoms with E-state index < -0.39 is 19.8 Å². The van der Waals surface area contributed by atoms with Gasteiger partial charge in [-0.1, -0.05) is 0 Å². The van der Waals surface area contributed by atoms with Gasteiger partial charge in [0.2, 0.25) is 5.95 Å². The quantitative estimate of drug-likeness (QED) is 0.482. The number of nitro benzene ring substituents is 1. The van der Waals surface area contributed by atoms with Crippen LogP contribution in [0.2, 0.25) is 0 Å². The van der Waals surface area contributed by atoms with Crippen LogP contribution in [0, 0.1) is 10.1 Å². The number of nitrogen functional groups attached to an aromatic ring is 1. The molecule has 9 nitrogen and oxygen atoms in total. The van der Waals surface area contributed by atoms with E-state index in [1.165, 1.54) is 18.5 Å². The van der Waals surface area contributed by atoms with E-state index in [2.05, 4.69) is 14.7 Å². The standard InChI is InChI=1S/C10H9N5O4S/c11-8-3-2-7(15(16)17)6-9(8)20(18,19)14-10-12-4-1-5-13-10/h1-6H,11H2,(H,12,13,14). The Morgan fingerprint density at radius 3 is 2.50 bits per heavy atom. The average molecular weight is 295 g/mol. The van der Waals surface area contributed by atoms with Crippen LogP contribution in [0.25, 0.3) is 0 Å². The maximum Gasteiger partial charge on any atom is 0.270 e. The molecule has 0 bridgehead atoms. The van der Waals surface area contributed by atoms with Gasteiger partial charge in [-0.05, 0) is 12.1 Å². The highest BCUT2D eigenvalue weighted by atomic mass is 32.2. The molecule has 2 aromatic rings. The van der Waals surface area contributed by atoms with Crippen LogP contribution >= 0.6 is 0 Å². The number of aromatic nitrogens is 2. The molecule has 104 valence electrons. The number of nitro groups is 1. The second-order valence-corrected chi connectivity index (χ2v) is 5.31. The van der Waals surface area contributed by atoms with E-state index >= 15 is 0 Å². The van der Waals surface area contributed by atoms with E-state index in [0.717, 1.165) is 18.2 Å². The van der Waals surface area contributed by atoms with E-state index in [1.807, 2.05) is 0 Å². The summed E-state index contributed by atoms with van der Waals surface area (Å²) >= 11 is 0. The summed E-state index contributed by atoms with van der Waals surface area (Å²) in [6, 6.07) is 4.66. The van der Waals surface area contributed by atoms with Crippen LogP contribution in [0.15, 0.2) is 41.6 Å². The Morgan fingerprint density at radius 1 is 1.25 bits per heavy atom. The first-order chi connectivity index (χ1) is 9.40. The van der Waals surface area contributed by atoms with Crippen LogP contribution < -0.4 is 10.5 Å². The molecule has 0 aliphatic rings. The van der Waals surface area contributed by atoms with Gasteiger partial charge in [-0.25, -0.2) is 23.1 Å². The molecule has 1 heterocycles. The van der Waals surface area contributed by atoms with Gasteiger partial charge in [-0.2, -0.15) is 0 Å². The first kappa shape index (κ1) is 13.7. The Kier molecular flexibility index (Phi) is 3.48. The number of nitrogens with two attached hydrogens (primary N) is 1. The number of hydrogen-bond acceptors (Lipinski definition) is 7. The number of hydrogen-bond donors (Lipinski definition) is 2. The third-order valence-corrected chi connectivity index (χ3v) is 3.67. The molecular weight excluding hydrogens is 286 g/mol. The SMILES string of the molecule is Nc1ccc([N+](=O)[O-])cc1S(=O)(=O)Nc1ncccn1. The zero-order valence-corrected chi connectivity index (χ0v) is 10.7. The fourth-order valence-corrected chi connectivity index (χ4v) is 2.51. The molecule has 0 aliphatic heterocycles. The Balaban J connectivity index is 2.44. The maximum atomic E-state index is 12.1. The summed E-state index contributed by atoms with van der Waals surface area (Å²) in [6.45, 7) is 0. The van der Waals surface area contributed by atoms with Crippen molar-refractivity contribution in [3.63, 3.8) is 0 Å². The van der Waals surface area contributed by atoms with E-state index in [1.54, 1.807) is 0 Å². The van der Waals surface area contributed by atoms with E-state index in [-0.39, 0.29) is 17.3 Å². The third kappa shape index (κ3) is 2.80. The minimum atomic E-state index is -4.10. The summed E-state index contributed by atoms with van der Waals surface area (Å²) in [7, 11) is -4.10. The third-order valence-electron chi connectivity index (χ3n) is 2.29. The molecule has 0 atom stereocenters. The molecule has 20 heavy (non-hydrogen) atoms. The van der Waals surface area contributed by atoms with Crippen molar-refractivity contribution in [3.8, 4) is 0 Å². The van der Waals surface area contributed by atoms with Gasteiger partial charge in [0.25, 0.3) is 15.7 Å². The van der Waals surface area contributed by atoms with Gasteiger partial charge in [-0.15, -0.1) is 0 Å². The lowest BCUT2D eigenvalue weighted by atomic mass is 10.3. The monoisotopic (exact) mass is 295 g/mol. The summed E-state index contributed by atoms with van der Waals surface area (Å²) < 4.78 is 26.3. The normalized spacial score (nSPS) is 11.0. The summed E-state index contributed by atoms with van der Waals surface area (Å²) in [4.78, 5) is 17.0. The van der Waals surface area contributed by atoms with Gasteiger partial charge in [0, 0.05) is 24.5 Å². The molecule has 0 spiro atoms. The van der Waals surface area contributed by atoms with Crippen molar-refractivity contribution in [3.05, 3.63) is 46.8 Å². The van der Waals surface area contributed by atoms with Gasteiger partial charge in [-0.3, -0.25) is 10.1 Å². The van der Waals surface area contributed by atoms with Crippen LogP contribution in [0.5, 0.6) is 0 Å². The largest absolute Gasteiger partial charge is 0.398 e.